The molecule has 3 nitrogen and oxygen atoms in total. The largest absolute Gasteiger partial charge is 0.273 e. The quantitative estimate of drug-likeness (QED) is 0.678. The third-order valence-electron chi connectivity index (χ3n) is 3.39. The second-order valence-corrected chi connectivity index (χ2v) is 6.33. The molecule has 0 aliphatic heterocycles. The number of amides is 1. The van der Waals surface area contributed by atoms with Gasteiger partial charge < -0.3 is 0 Å². The predicted octanol–water partition coefficient (Wildman–Crippen LogP) is 3.68. The number of carbonyl (C=O) groups is 1. The predicted molar refractivity (Wildman–Crippen MR) is 91.0 cm³/mol. The first-order chi connectivity index (χ1) is 10.4. The van der Waals surface area contributed by atoms with Crippen molar-refractivity contribution in [1.82, 2.24) is 5.43 Å². The van der Waals surface area contributed by atoms with E-state index in [0.717, 1.165) is 11.1 Å². The van der Waals surface area contributed by atoms with Crippen molar-refractivity contribution in [2.24, 2.45) is 5.10 Å². The summed E-state index contributed by atoms with van der Waals surface area (Å²) >= 11 is 0. The molecule has 0 radical (unpaired) electrons. The minimum atomic E-state index is -0.117. The fourth-order valence-electron chi connectivity index (χ4n) is 2.07. The average Bonchev–Trinajstić information content (AvgIpc) is 2.48. The molecule has 0 saturated carbocycles. The molecular weight excluding hydrogens is 272 g/mol. The van der Waals surface area contributed by atoms with E-state index in [1.165, 1.54) is 5.56 Å². The Hall–Kier alpha value is -2.42. The van der Waals surface area contributed by atoms with Gasteiger partial charge in [0.25, 0.3) is 0 Å². The van der Waals surface area contributed by atoms with Gasteiger partial charge in [0.1, 0.15) is 0 Å². The zero-order valence-corrected chi connectivity index (χ0v) is 13.3. The van der Waals surface area contributed by atoms with Gasteiger partial charge in [0, 0.05) is 0 Å². The van der Waals surface area contributed by atoms with Gasteiger partial charge in [0.15, 0.2) is 0 Å². The number of nitrogens with zero attached hydrogens (tertiary/aromatic N) is 1. The maximum atomic E-state index is 11.8. The van der Waals surface area contributed by atoms with Gasteiger partial charge in [-0.15, -0.1) is 0 Å². The molecule has 0 aliphatic carbocycles. The van der Waals surface area contributed by atoms with Crippen molar-refractivity contribution in [2.75, 3.05) is 0 Å². The average molecular weight is 294 g/mol. The Morgan fingerprint density at radius 2 is 1.68 bits per heavy atom. The molecule has 1 amide bonds. The van der Waals surface area contributed by atoms with E-state index >= 15 is 0 Å². The van der Waals surface area contributed by atoms with Crippen LogP contribution in [0, 0.1) is 0 Å². The van der Waals surface area contributed by atoms with E-state index in [1.54, 1.807) is 6.21 Å². The normalized spacial score (nSPS) is 11.6. The van der Waals surface area contributed by atoms with E-state index in [-0.39, 0.29) is 11.3 Å². The first kappa shape index (κ1) is 16.0. The van der Waals surface area contributed by atoms with E-state index in [2.05, 4.69) is 43.4 Å². The second kappa shape index (κ2) is 7.03. The van der Waals surface area contributed by atoms with Gasteiger partial charge in [-0.05, 0) is 22.1 Å². The molecule has 0 atom stereocenters. The number of nitrogens with one attached hydrogen (secondary N) is 1. The highest BCUT2D eigenvalue weighted by atomic mass is 16.2. The molecule has 0 saturated heterocycles. The lowest BCUT2D eigenvalue weighted by Crippen LogP contribution is -2.19. The molecule has 2 aromatic carbocycles. The van der Waals surface area contributed by atoms with E-state index in [1.807, 2.05) is 42.5 Å². The Bertz CT molecular complexity index is 637. The molecule has 0 heterocycles. The smallest absolute Gasteiger partial charge is 0.244 e. The summed E-state index contributed by atoms with van der Waals surface area (Å²) in [5.41, 5.74) is 5.91. The van der Waals surface area contributed by atoms with Crippen LogP contribution >= 0.6 is 0 Å². The van der Waals surface area contributed by atoms with Crippen LogP contribution in [-0.2, 0) is 16.6 Å². The summed E-state index contributed by atoms with van der Waals surface area (Å²) < 4.78 is 0. The van der Waals surface area contributed by atoms with Gasteiger partial charge in [-0.3, -0.25) is 4.79 Å². The zero-order valence-electron chi connectivity index (χ0n) is 13.3. The maximum absolute atomic E-state index is 11.8. The van der Waals surface area contributed by atoms with Crippen molar-refractivity contribution in [1.29, 1.82) is 0 Å². The monoisotopic (exact) mass is 294 g/mol. The lowest BCUT2D eigenvalue weighted by molar-refractivity contribution is -0.120. The van der Waals surface area contributed by atoms with Crippen molar-refractivity contribution in [3.8, 4) is 0 Å². The number of benzene rings is 2. The van der Waals surface area contributed by atoms with Gasteiger partial charge in [0.2, 0.25) is 5.91 Å². The first-order valence-electron chi connectivity index (χ1n) is 7.41. The minimum absolute atomic E-state index is 0.117. The van der Waals surface area contributed by atoms with Crippen molar-refractivity contribution in [3.05, 3.63) is 71.3 Å². The summed E-state index contributed by atoms with van der Waals surface area (Å²) in [6.45, 7) is 6.54. The Morgan fingerprint density at radius 3 is 2.27 bits per heavy atom. The SMILES string of the molecule is CC(C)(C)c1ccc(/C=N/NC(=O)Cc2ccccc2)cc1. The fourth-order valence-corrected chi connectivity index (χ4v) is 2.07. The molecule has 0 spiro atoms. The van der Waals surface area contributed by atoms with Crippen molar-refractivity contribution < 1.29 is 4.79 Å². The highest BCUT2D eigenvalue weighted by molar-refractivity contribution is 5.83. The lowest BCUT2D eigenvalue weighted by atomic mass is 9.87. The summed E-state index contributed by atoms with van der Waals surface area (Å²) in [5.74, 6) is -0.117. The third kappa shape index (κ3) is 4.85. The fraction of sp³-hybridized carbons (Fsp3) is 0.263. The molecule has 0 aromatic heterocycles. The second-order valence-electron chi connectivity index (χ2n) is 6.33. The van der Waals surface area contributed by atoms with Gasteiger partial charge in [-0.2, -0.15) is 5.10 Å². The van der Waals surface area contributed by atoms with Gasteiger partial charge in [0.05, 0.1) is 12.6 Å². The highest BCUT2D eigenvalue weighted by Crippen LogP contribution is 2.21. The van der Waals surface area contributed by atoms with E-state index in [4.69, 9.17) is 0 Å². The highest BCUT2D eigenvalue weighted by Gasteiger charge is 2.12. The van der Waals surface area contributed by atoms with Crippen LogP contribution in [0.5, 0.6) is 0 Å². The number of rotatable bonds is 4. The number of hydrogen-bond acceptors (Lipinski definition) is 2. The van der Waals surface area contributed by atoms with Gasteiger partial charge in [-0.1, -0.05) is 75.4 Å². The molecule has 2 rings (SSSR count). The van der Waals surface area contributed by atoms with E-state index in [0.29, 0.717) is 6.42 Å². The lowest BCUT2D eigenvalue weighted by Gasteiger charge is -2.18. The summed E-state index contributed by atoms with van der Waals surface area (Å²) in [5, 5.41) is 4.01. The van der Waals surface area contributed by atoms with Crippen LogP contribution in [0.1, 0.15) is 37.5 Å². The summed E-state index contributed by atoms with van der Waals surface area (Å²) in [6, 6.07) is 17.8. The van der Waals surface area contributed by atoms with Crippen LogP contribution in [-0.4, -0.2) is 12.1 Å². The van der Waals surface area contributed by atoms with E-state index < -0.39 is 0 Å². The molecule has 3 heteroatoms. The van der Waals surface area contributed by atoms with Crippen LogP contribution in [0.3, 0.4) is 0 Å². The Morgan fingerprint density at radius 1 is 1.05 bits per heavy atom. The molecular formula is C19H22N2O. The number of hydrogen-bond donors (Lipinski definition) is 1. The maximum Gasteiger partial charge on any atom is 0.244 e. The number of carbonyl (C=O) groups excluding carboxylic acids is 1. The van der Waals surface area contributed by atoms with Crippen LogP contribution in [0.2, 0.25) is 0 Å². The zero-order chi connectivity index (χ0) is 16.0. The molecule has 2 aromatic rings. The standard InChI is InChI=1S/C19H22N2O/c1-19(2,3)17-11-9-16(10-12-17)14-20-21-18(22)13-15-7-5-4-6-8-15/h4-12,14H,13H2,1-3H3,(H,21,22)/b20-14+. The molecule has 0 aliphatic rings. The van der Waals surface area contributed by atoms with Crippen molar-refractivity contribution >= 4 is 12.1 Å². The topological polar surface area (TPSA) is 41.5 Å². The first-order valence-corrected chi connectivity index (χ1v) is 7.41. The van der Waals surface area contributed by atoms with E-state index in [9.17, 15) is 4.79 Å². The molecule has 0 fully saturated rings. The van der Waals surface area contributed by atoms with Gasteiger partial charge >= 0.3 is 0 Å². The van der Waals surface area contributed by atoms with Crippen LogP contribution in [0.4, 0.5) is 0 Å². The molecule has 0 bridgehead atoms. The van der Waals surface area contributed by atoms with Crippen LogP contribution in [0.15, 0.2) is 59.7 Å². The Labute approximate surface area is 132 Å². The van der Waals surface area contributed by atoms with Crippen molar-refractivity contribution in [3.63, 3.8) is 0 Å². The van der Waals surface area contributed by atoms with Crippen molar-refractivity contribution in [2.45, 2.75) is 32.6 Å². The van der Waals surface area contributed by atoms with Crippen LogP contribution < -0.4 is 5.43 Å². The Kier molecular flexibility index (Phi) is 5.10. The molecule has 22 heavy (non-hydrogen) atoms. The molecule has 114 valence electrons. The summed E-state index contributed by atoms with van der Waals surface area (Å²) in [4.78, 5) is 11.8. The minimum Gasteiger partial charge on any atom is -0.273 e. The Balaban J connectivity index is 1.88. The van der Waals surface area contributed by atoms with Crippen LogP contribution in [0.25, 0.3) is 0 Å². The summed E-state index contributed by atoms with van der Waals surface area (Å²) in [6.07, 6.45) is 2.00. The molecule has 1 N–H and O–H groups in total. The van der Waals surface area contributed by atoms with Gasteiger partial charge in [-0.25, -0.2) is 5.43 Å². The number of hydrazone groups is 1. The summed E-state index contributed by atoms with van der Waals surface area (Å²) in [7, 11) is 0. The molecule has 0 unspecified atom stereocenters. The third-order valence-corrected chi connectivity index (χ3v) is 3.39.